The van der Waals surface area contributed by atoms with Gasteiger partial charge in [-0.05, 0) is 48.3 Å². The molecule has 0 fully saturated rings. The minimum Gasteiger partial charge on any atom is -0.618 e. The van der Waals surface area contributed by atoms with Gasteiger partial charge in [-0.3, -0.25) is 0 Å². The molecule has 0 aliphatic heterocycles. The Morgan fingerprint density at radius 3 is 2.65 bits per heavy atom. The van der Waals surface area contributed by atoms with E-state index in [1.807, 2.05) is 48.5 Å². The molecule has 2 aromatic carbocycles. The van der Waals surface area contributed by atoms with Crippen LogP contribution in [0.2, 0.25) is 0 Å². The molecule has 1 aliphatic carbocycles. The Morgan fingerprint density at radius 2 is 1.78 bits per heavy atom. The Hall–Kier alpha value is -2.81. The van der Waals surface area contributed by atoms with E-state index in [9.17, 15) is 5.21 Å². The van der Waals surface area contributed by atoms with Gasteiger partial charge in [-0.1, -0.05) is 30.3 Å². The van der Waals surface area contributed by atoms with Crippen LogP contribution in [0.3, 0.4) is 0 Å². The molecule has 0 saturated heterocycles. The van der Waals surface area contributed by atoms with Crippen molar-refractivity contribution in [3.8, 4) is 0 Å². The fraction of sp³-hybridized carbons (Fsp3) is 0.150. The summed E-state index contributed by atoms with van der Waals surface area (Å²) in [6.07, 6.45) is 4.92. The van der Waals surface area contributed by atoms with Crippen molar-refractivity contribution in [1.82, 2.24) is 0 Å². The summed E-state index contributed by atoms with van der Waals surface area (Å²) in [5.74, 6) is 0. The molecule has 1 aliphatic rings. The van der Waals surface area contributed by atoms with E-state index in [0.29, 0.717) is 0 Å². The van der Waals surface area contributed by atoms with Gasteiger partial charge < -0.3 is 10.9 Å². The molecule has 23 heavy (non-hydrogen) atoms. The van der Waals surface area contributed by atoms with E-state index < -0.39 is 0 Å². The maximum Gasteiger partial charge on any atom is 0.224 e. The standard InChI is InChI=1S/C20H18N2O/c21-18-9-3-1-6-15(18)12-14-8-5-11-20-17(14)13-16-7-2-4-10-19(16)22(20)23/h1-4,6-7,9-10,12-13H,5,8,11,21H2/b14-12-. The van der Waals surface area contributed by atoms with Gasteiger partial charge in [0.25, 0.3) is 0 Å². The van der Waals surface area contributed by atoms with Crippen molar-refractivity contribution in [2.24, 2.45) is 0 Å². The number of benzene rings is 2. The summed E-state index contributed by atoms with van der Waals surface area (Å²) in [4.78, 5) is 0. The van der Waals surface area contributed by atoms with Crippen molar-refractivity contribution < 1.29 is 4.73 Å². The van der Waals surface area contributed by atoms with Gasteiger partial charge in [-0.15, -0.1) is 0 Å². The minimum absolute atomic E-state index is 0.742. The summed E-state index contributed by atoms with van der Waals surface area (Å²) in [6, 6.07) is 17.7. The zero-order valence-electron chi connectivity index (χ0n) is 12.8. The van der Waals surface area contributed by atoms with Crippen molar-refractivity contribution in [2.75, 3.05) is 5.73 Å². The van der Waals surface area contributed by atoms with Crippen LogP contribution < -0.4 is 10.5 Å². The van der Waals surface area contributed by atoms with Gasteiger partial charge in [0.1, 0.15) is 0 Å². The van der Waals surface area contributed by atoms with E-state index in [1.165, 1.54) is 5.57 Å². The van der Waals surface area contributed by atoms with E-state index in [-0.39, 0.29) is 0 Å². The van der Waals surface area contributed by atoms with Crippen LogP contribution >= 0.6 is 0 Å². The first-order valence-electron chi connectivity index (χ1n) is 7.93. The van der Waals surface area contributed by atoms with Gasteiger partial charge in [-0.25, -0.2) is 0 Å². The highest BCUT2D eigenvalue weighted by Crippen LogP contribution is 2.33. The average Bonchev–Trinajstić information content (AvgIpc) is 2.58. The molecule has 0 unspecified atom stereocenters. The third kappa shape index (κ3) is 2.34. The first-order chi connectivity index (χ1) is 11.2. The van der Waals surface area contributed by atoms with Crippen molar-refractivity contribution in [3.05, 3.63) is 76.6 Å². The molecule has 0 saturated carbocycles. The first-order valence-corrected chi connectivity index (χ1v) is 7.93. The number of nitrogens with two attached hydrogens (primary N) is 1. The van der Waals surface area contributed by atoms with Gasteiger partial charge in [0.2, 0.25) is 11.2 Å². The fourth-order valence-corrected chi connectivity index (χ4v) is 3.36. The lowest BCUT2D eigenvalue weighted by atomic mass is 9.88. The average molecular weight is 302 g/mol. The second-order valence-electron chi connectivity index (χ2n) is 6.01. The van der Waals surface area contributed by atoms with Crippen LogP contribution in [0.25, 0.3) is 22.6 Å². The summed E-state index contributed by atoms with van der Waals surface area (Å²) < 4.78 is 1.10. The molecule has 3 nitrogen and oxygen atoms in total. The van der Waals surface area contributed by atoms with Gasteiger partial charge in [0.15, 0.2) is 0 Å². The Morgan fingerprint density at radius 1 is 1.00 bits per heavy atom. The molecule has 0 radical (unpaired) electrons. The maximum absolute atomic E-state index is 12.7. The van der Waals surface area contributed by atoms with Crippen molar-refractivity contribution >= 4 is 28.2 Å². The lowest BCUT2D eigenvalue weighted by molar-refractivity contribution is -0.586. The number of nitrogen functional groups attached to an aromatic ring is 1. The Bertz CT molecular complexity index is 928. The van der Waals surface area contributed by atoms with E-state index >= 15 is 0 Å². The predicted octanol–water partition coefficient (Wildman–Crippen LogP) is 3.93. The van der Waals surface area contributed by atoms with Gasteiger partial charge in [0.05, 0.1) is 0 Å². The molecule has 3 heteroatoms. The summed E-state index contributed by atoms with van der Waals surface area (Å²) >= 11 is 0. The number of anilines is 1. The molecule has 4 rings (SSSR count). The highest BCUT2D eigenvalue weighted by atomic mass is 16.5. The Kier molecular flexibility index (Phi) is 3.27. The normalized spacial score (nSPS) is 15.7. The van der Waals surface area contributed by atoms with Crippen LogP contribution in [0.1, 0.15) is 29.7 Å². The van der Waals surface area contributed by atoms with Crippen LogP contribution in [0.5, 0.6) is 0 Å². The van der Waals surface area contributed by atoms with Gasteiger partial charge in [-0.2, -0.15) is 4.73 Å². The van der Waals surface area contributed by atoms with E-state index in [1.54, 1.807) is 0 Å². The number of fused-ring (bicyclic) bond motifs is 2. The van der Waals surface area contributed by atoms with Gasteiger partial charge >= 0.3 is 0 Å². The van der Waals surface area contributed by atoms with Gasteiger partial charge in [0, 0.05) is 29.1 Å². The maximum atomic E-state index is 12.7. The molecule has 1 aromatic heterocycles. The molecule has 3 aromatic rings. The number of nitrogens with zero attached hydrogens (tertiary/aromatic N) is 1. The highest BCUT2D eigenvalue weighted by Gasteiger charge is 2.23. The van der Waals surface area contributed by atoms with Crippen molar-refractivity contribution in [2.45, 2.75) is 19.3 Å². The number of allylic oxidation sites excluding steroid dienone is 1. The molecule has 0 bridgehead atoms. The number of rotatable bonds is 1. The van der Waals surface area contributed by atoms with Crippen LogP contribution in [-0.2, 0) is 6.42 Å². The highest BCUT2D eigenvalue weighted by molar-refractivity contribution is 5.89. The number of para-hydroxylation sites is 2. The molecule has 1 heterocycles. The lowest BCUT2D eigenvalue weighted by Crippen LogP contribution is -2.35. The number of aromatic nitrogens is 1. The van der Waals surface area contributed by atoms with E-state index in [0.717, 1.165) is 57.4 Å². The van der Waals surface area contributed by atoms with Crippen LogP contribution in [-0.4, -0.2) is 0 Å². The fourth-order valence-electron chi connectivity index (χ4n) is 3.36. The van der Waals surface area contributed by atoms with Crippen LogP contribution in [0.4, 0.5) is 5.69 Å². The molecular weight excluding hydrogens is 284 g/mol. The third-order valence-electron chi connectivity index (χ3n) is 4.54. The smallest absolute Gasteiger partial charge is 0.224 e. The second-order valence-corrected chi connectivity index (χ2v) is 6.01. The monoisotopic (exact) mass is 302 g/mol. The minimum atomic E-state index is 0.742. The first kappa shape index (κ1) is 13.8. The third-order valence-corrected chi connectivity index (χ3v) is 4.54. The summed E-state index contributed by atoms with van der Waals surface area (Å²) in [6.45, 7) is 0. The SMILES string of the molecule is Nc1ccccc1/C=C1/CCCc2c1cc1ccccc1[n+]2[O-]. The molecular formula is C20H18N2O. The van der Waals surface area contributed by atoms with Crippen LogP contribution in [0, 0.1) is 5.21 Å². The summed E-state index contributed by atoms with van der Waals surface area (Å²) in [5, 5.41) is 13.7. The van der Waals surface area contributed by atoms with Crippen molar-refractivity contribution in [1.29, 1.82) is 0 Å². The summed E-state index contributed by atoms with van der Waals surface area (Å²) in [7, 11) is 0. The van der Waals surface area contributed by atoms with E-state index in [2.05, 4.69) is 12.1 Å². The predicted molar refractivity (Wildman–Crippen MR) is 94.6 cm³/mol. The summed E-state index contributed by atoms with van der Waals surface area (Å²) in [5.41, 5.74) is 11.7. The lowest BCUT2D eigenvalue weighted by Gasteiger charge is -2.19. The molecule has 0 spiro atoms. The molecule has 0 amide bonds. The molecule has 2 N–H and O–H groups in total. The van der Waals surface area contributed by atoms with Crippen LogP contribution in [0.15, 0.2) is 54.6 Å². The zero-order valence-corrected chi connectivity index (χ0v) is 12.8. The number of hydrogen-bond donors (Lipinski definition) is 1. The van der Waals surface area contributed by atoms with Crippen molar-refractivity contribution in [3.63, 3.8) is 0 Å². The number of hydrogen-bond acceptors (Lipinski definition) is 2. The number of pyridine rings is 1. The largest absolute Gasteiger partial charge is 0.618 e. The Labute approximate surface area is 135 Å². The Balaban J connectivity index is 1.93. The second kappa shape index (κ2) is 5.43. The molecule has 114 valence electrons. The van der Waals surface area contributed by atoms with E-state index in [4.69, 9.17) is 5.73 Å². The topological polar surface area (TPSA) is 53.0 Å². The zero-order chi connectivity index (χ0) is 15.8. The quantitative estimate of drug-likeness (QED) is 0.420. The molecule has 0 atom stereocenters.